The quantitative estimate of drug-likeness (QED) is 0.877. The number of aliphatic hydroxyl groups is 1. The van der Waals surface area contributed by atoms with Gasteiger partial charge >= 0.3 is 6.03 Å². The van der Waals surface area contributed by atoms with Crippen LogP contribution in [0.25, 0.3) is 0 Å². The molecule has 2 amide bonds. The number of nitrogens with zero attached hydrogens (tertiary/aromatic N) is 1. The fourth-order valence-electron chi connectivity index (χ4n) is 2.30. The summed E-state index contributed by atoms with van der Waals surface area (Å²) >= 11 is 5.92. The number of anilines is 1. The summed E-state index contributed by atoms with van der Waals surface area (Å²) < 4.78 is 0. The molecule has 0 fully saturated rings. The number of carbonyl (C=O) groups is 1. The Balaban J connectivity index is 2.12. The molecular formula is C17H19ClN2O2. The van der Waals surface area contributed by atoms with Gasteiger partial charge in [-0.3, -0.25) is 0 Å². The van der Waals surface area contributed by atoms with E-state index < -0.39 is 0 Å². The number of aliphatic hydroxyl groups excluding tert-OH is 1. The van der Waals surface area contributed by atoms with Crippen LogP contribution >= 0.6 is 11.6 Å². The van der Waals surface area contributed by atoms with Crippen molar-refractivity contribution in [3.63, 3.8) is 0 Å². The predicted molar refractivity (Wildman–Crippen MR) is 89.1 cm³/mol. The van der Waals surface area contributed by atoms with Crippen molar-refractivity contribution in [1.82, 2.24) is 4.90 Å². The van der Waals surface area contributed by atoms with Crippen LogP contribution in [-0.2, 0) is 0 Å². The molecule has 0 heterocycles. The predicted octanol–water partition coefficient (Wildman–Crippen LogP) is 3.93. The number of urea groups is 1. The molecular weight excluding hydrogens is 300 g/mol. The van der Waals surface area contributed by atoms with Gasteiger partial charge in [-0.1, -0.05) is 48.0 Å². The minimum absolute atomic E-state index is 0.00828. The van der Waals surface area contributed by atoms with Gasteiger partial charge < -0.3 is 15.3 Å². The maximum absolute atomic E-state index is 12.4. The molecule has 2 N–H and O–H groups in total. The van der Waals surface area contributed by atoms with Gasteiger partial charge in [0.25, 0.3) is 0 Å². The molecule has 0 aromatic heterocycles. The topological polar surface area (TPSA) is 52.6 Å². The largest absolute Gasteiger partial charge is 0.396 e. The van der Waals surface area contributed by atoms with Gasteiger partial charge in [0.05, 0.1) is 6.04 Å². The Labute approximate surface area is 135 Å². The van der Waals surface area contributed by atoms with Gasteiger partial charge in [0.2, 0.25) is 0 Å². The minimum Gasteiger partial charge on any atom is -0.396 e. The van der Waals surface area contributed by atoms with Gasteiger partial charge in [-0.25, -0.2) is 4.79 Å². The zero-order valence-electron chi connectivity index (χ0n) is 12.4. The highest BCUT2D eigenvalue weighted by atomic mass is 35.5. The third kappa shape index (κ3) is 4.23. The summed E-state index contributed by atoms with van der Waals surface area (Å²) in [4.78, 5) is 14.0. The van der Waals surface area contributed by atoms with Crippen molar-refractivity contribution >= 4 is 23.3 Å². The second kappa shape index (κ2) is 7.82. The molecule has 0 aliphatic carbocycles. The van der Waals surface area contributed by atoms with Gasteiger partial charge in [-0.2, -0.15) is 0 Å². The third-order valence-electron chi connectivity index (χ3n) is 3.45. The second-order valence-electron chi connectivity index (χ2n) is 4.99. The molecule has 0 saturated carbocycles. The van der Waals surface area contributed by atoms with Crippen LogP contribution < -0.4 is 5.32 Å². The van der Waals surface area contributed by atoms with E-state index in [4.69, 9.17) is 11.6 Å². The minimum atomic E-state index is -0.246. The van der Waals surface area contributed by atoms with Crippen molar-refractivity contribution in [3.05, 3.63) is 65.2 Å². The van der Waals surface area contributed by atoms with Crippen LogP contribution in [0.5, 0.6) is 0 Å². The van der Waals surface area contributed by atoms with Crippen molar-refractivity contribution in [3.8, 4) is 0 Å². The molecule has 2 rings (SSSR count). The summed E-state index contributed by atoms with van der Waals surface area (Å²) in [6, 6.07) is 16.2. The van der Waals surface area contributed by atoms with Crippen LogP contribution in [0.1, 0.15) is 18.0 Å². The first kappa shape index (κ1) is 16.3. The Morgan fingerprint density at radius 1 is 1.23 bits per heavy atom. The molecule has 0 spiro atoms. The SMILES string of the molecule is CN(C(=O)Nc1cccc(Cl)c1)C(CCO)c1ccccc1. The van der Waals surface area contributed by atoms with Crippen molar-refractivity contribution in [2.75, 3.05) is 19.0 Å². The van der Waals surface area contributed by atoms with Crippen LogP contribution in [0.2, 0.25) is 5.02 Å². The fraction of sp³-hybridized carbons (Fsp3) is 0.235. The summed E-state index contributed by atoms with van der Waals surface area (Å²) in [6.45, 7) is 0.00828. The molecule has 5 heteroatoms. The highest BCUT2D eigenvalue weighted by Gasteiger charge is 2.21. The lowest BCUT2D eigenvalue weighted by Gasteiger charge is -2.28. The van der Waals surface area contributed by atoms with Crippen LogP contribution in [0.3, 0.4) is 0 Å². The maximum atomic E-state index is 12.4. The summed E-state index contributed by atoms with van der Waals surface area (Å²) in [5.41, 5.74) is 1.63. The van der Waals surface area contributed by atoms with E-state index >= 15 is 0 Å². The molecule has 1 atom stereocenters. The van der Waals surface area contributed by atoms with E-state index in [1.54, 1.807) is 36.2 Å². The number of amides is 2. The molecule has 0 aliphatic rings. The fourth-order valence-corrected chi connectivity index (χ4v) is 2.49. The van der Waals surface area contributed by atoms with E-state index in [-0.39, 0.29) is 18.7 Å². The number of hydrogen-bond donors (Lipinski definition) is 2. The molecule has 0 saturated heterocycles. The van der Waals surface area contributed by atoms with Crippen molar-refractivity contribution in [2.45, 2.75) is 12.5 Å². The lowest BCUT2D eigenvalue weighted by atomic mass is 10.0. The zero-order valence-corrected chi connectivity index (χ0v) is 13.1. The first-order valence-corrected chi connectivity index (χ1v) is 7.45. The average Bonchev–Trinajstić information content (AvgIpc) is 2.53. The van der Waals surface area contributed by atoms with E-state index in [9.17, 15) is 9.90 Å². The van der Waals surface area contributed by atoms with Crippen molar-refractivity contribution < 1.29 is 9.90 Å². The lowest BCUT2D eigenvalue weighted by molar-refractivity contribution is 0.184. The van der Waals surface area contributed by atoms with Gasteiger partial charge in [0.1, 0.15) is 0 Å². The smallest absolute Gasteiger partial charge is 0.322 e. The zero-order chi connectivity index (χ0) is 15.9. The summed E-state index contributed by atoms with van der Waals surface area (Å²) in [6.07, 6.45) is 0.476. The molecule has 4 nitrogen and oxygen atoms in total. The Kier molecular flexibility index (Phi) is 5.81. The second-order valence-corrected chi connectivity index (χ2v) is 5.43. The van der Waals surface area contributed by atoms with E-state index in [1.165, 1.54) is 0 Å². The molecule has 116 valence electrons. The van der Waals surface area contributed by atoms with E-state index in [2.05, 4.69) is 5.32 Å². The van der Waals surface area contributed by atoms with Crippen LogP contribution in [0.4, 0.5) is 10.5 Å². The number of nitrogens with one attached hydrogen (secondary N) is 1. The summed E-state index contributed by atoms with van der Waals surface area (Å²) in [5, 5.41) is 12.7. The molecule has 2 aromatic carbocycles. The van der Waals surface area contributed by atoms with Gasteiger partial charge in [-0.15, -0.1) is 0 Å². The Bertz CT molecular complexity index is 619. The number of benzene rings is 2. The number of hydrogen-bond acceptors (Lipinski definition) is 2. The Morgan fingerprint density at radius 2 is 1.95 bits per heavy atom. The van der Waals surface area contributed by atoms with E-state index in [0.29, 0.717) is 17.1 Å². The Hall–Kier alpha value is -2.04. The summed E-state index contributed by atoms with van der Waals surface area (Å²) in [5.74, 6) is 0. The highest BCUT2D eigenvalue weighted by molar-refractivity contribution is 6.30. The monoisotopic (exact) mass is 318 g/mol. The lowest BCUT2D eigenvalue weighted by Crippen LogP contribution is -2.35. The number of carbonyl (C=O) groups excluding carboxylic acids is 1. The van der Waals surface area contributed by atoms with Gasteiger partial charge in [0, 0.05) is 24.4 Å². The maximum Gasteiger partial charge on any atom is 0.322 e. The number of rotatable bonds is 5. The van der Waals surface area contributed by atoms with Crippen LogP contribution in [0, 0.1) is 0 Å². The molecule has 0 radical (unpaired) electrons. The van der Waals surface area contributed by atoms with E-state index in [0.717, 1.165) is 5.56 Å². The van der Waals surface area contributed by atoms with Gasteiger partial charge in [0.15, 0.2) is 0 Å². The normalized spacial score (nSPS) is 11.8. The van der Waals surface area contributed by atoms with Gasteiger partial charge in [-0.05, 0) is 30.2 Å². The standard InChI is InChI=1S/C17H19ClN2O2/c1-20(16(10-11-21)13-6-3-2-4-7-13)17(22)19-15-9-5-8-14(18)12-15/h2-9,12,16,21H,10-11H2,1H3,(H,19,22). The van der Waals surface area contributed by atoms with Crippen molar-refractivity contribution in [2.24, 2.45) is 0 Å². The molecule has 0 aliphatic heterocycles. The highest BCUT2D eigenvalue weighted by Crippen LogP contribution is 2.24. The first-order chi connectivity index (χ1) is 10.6. The van der Waals surface area contributed by atoms with Crippen LogP contribution in [-0.4, -0.2) is 29.7 Å². The van der Waals surface area contributed by atoms with Crippen molar-refractivity contribution in [1.29, 1.82) is 0 Å². The van der Waals surface area contributed by atoms with Crippen LogP contribution in [0.15, 0.2) is 54.6 Å². The molecule has 2 aromatic rings. The summed E-state index contributed by atoms with van der Waals surface area (Å²) in [7, 11) is 1.72. The van der Waals surface area contributed by atoms with E-state index in [1.807, 2.05) is 30.3 Å². The first-order valence-electron chi connectivity index (χ1n) is 7.07. The Morgan fingerprint density at radius 3 is 2.59 bits per heavy atom. The molecule has 1 unspecified atom stereocenters. The molecule has 0 bridgehead atoms. The number of halogens is 1. The third-order valence-corrected chi connectivity index (χ3v) is 3.69. The molecule has 22 heavy (non-hydrogen) atoms. The average molecular weight is 319 g/mol.